The Morgan fingerprint density at radius 3 is 1.74 bits per heavy atom. The van der Waals surface area contributed by atoms with Crippen molar-refractivity contribution in [3.8, 4) is 0 Å². The standard InChI is InChI=1S/C34H39N9O3.C23H27N7O3.C2H6/c1-22-6-7-23(18-26(22)39-30-29-27(36-21-37-30)20-35-33(40-29)42-14-16-46-17-15-42)31(44)38-24-8-9-28-25(19-24)34(2,3)32(45)43(28)13-12-41-10-4-5-11-41;1-15-2-3-17(22(31)24-11-16-4-7-33-13-16)10-18(15)28-21-20-19(26-14-27-21)12-25-23(29-20)30-5-8-32-9-6-30;1-2/h6-9,18-21H,4-5,10-17H2,1-3H3,(H,38,44)(H,36,37,39);2-3,10,12,14,16H,4-9,11,13H2,1H3,(H,24,31)(H,26,27,28);1-2H3. The minimum absolute atomic E-state index is 0.0963. The number of hydrogen-bond donors (Lipinski definition) is 4. The number of fused-ring (bicyclic) bond motifs is 3. The average molecular weight is 1100 g/mol. The van der Waals surface area contributed by atoms with Gasteiger partial charge in [0.25, 0.3) is 11.8 Å². The number of benzene rings is 3. The molecule has 0 saturated carbocycles. The monoisotopic (exact) mass is 1100 g/mol. The van der Waals surface area contributed by atoms with Crippen molar-refractivity contribution in [3.05, 3.63) is 107 Å². The van der Waals surface area contributed by atoms with Crippen LogP contribution in [0.1, 0.15) is 84.4 Å². The van der Waals surface area contributed by atoms with Crippen molar-refractivity contribution in [2.24, 2.45) is 5.92 Å². The van der Waals surface area contributed by atoms with E-state index in [2.05, 4.69) is 65.9 Å². The number of nitrogens with one attached hydrogen (secondary N) is 4. The predicted molar refractivity (Wildman–Crippen MR) is 313 cm³/mol. The summed E-state index contributed by atoms with van der Waals surface area (Å²) in [5, 5.41) is 12.8. The number of nitrogens with zero attached hydrogens (tertiary/aromatic N) is 12. The van der Waals surface area contributed by atoms with Crippen molar-refractivity contribution in [2.45, 2.75) is 66.2 Å². The number of anilines is 8. The molecular formula is C59H72N16O6. The SMILES string of the molecule is CC.Cc1ccc(C(=O)NCC2CCOC2)cc1Nc1ncnc2cnc(N3CCOCC3)nc12.Cc1ccc(C(=O)Nc2ccc3c(c2)C(C)(C)C(=O)N3CCN2CCCC2)cc1Nc1ncnc2cnc(N3CCOCC3)nc12. The highest BCUT2D eigenvalue weighted by Gasteiger charge is 2.44. The zero-order valence-corrected chi connectivity index (χ0v) is 47.1. The largest absolute Gasteiger partial charge is 0.381 e. The van der Waals surface area contributed by atoms with Crippen molar-refractivity contribution in [3.63, 3.8) is 0 Å². The number of carbonyl (C=O) groups excluding carboxylic acids is 3. The van der Waals surface area contributed by atoms with Crippen LogP contribution in [0.15, 0.2) is 79.6 Å². The Balaban J connectivity index is 0.000000186. The Morgan fingerprint density at radius 1 is 0.642 bits per heavy atom. The number of amides is 3. The van der Waals surface area contributed by atoms with Crippen molar-refractivity contribution >= 4 is 86.1 Å². The van der Waals surface area contributed by atoms with Gasteiger partial charge in [0.2, 0.25) is 17.8 Å². The lowest BCUT2D eigenvalue weighted by Crippen LogP contribution is -2.40. The highest BCUT2D eigenvalue weighted by atomic mass is 16.5. The summed E-state index contributed by atoms with van der Waals surface area (Å²) in [4.78, 5) is 84.2. The van der Waals surface area contributed by atoms with Gasteiger partial charge in [-0.15, -0.1) is 0 Å². The van der Waals surface area contributed by atoms with Gasteiger partial charge in [-0.2, -0.15) is 0 Å². The van der Waals surface area contributed by atoms with Gasteiger partial charge in [-0.05, 0) is 119 Å². The Bertz CT molecular complexity index is 3380. The molecule has 7 aromatic rings. The van der Waals surface area contributed by atoms with Crippen LogP contribution >= 0.6 is 0 Å². The fraction of sp³-hybridized carbons (Fsp3) is 0.441. The summed E-state index contributed by atoms with van der Waals surface area (Å²) in [6.07, 6.45) is 9.80. The van der Waals surface area contributed by atoms with E-state index in [9.17, 15) is 14.4 Å². The van der Waals surface area contributed by atoms with E-state index < -0.39 is 5.41 Å². The smallest absolute Gasteiger partial charge is 0.255 e. The molecule has 0 spiro atoms. The minimum Gasteiger partial charge on any atom is -0.381 e. The first-order chi connectivity index (χ1) is 39.4. The topological polar surface area (TPSA) is 243 Å². The fourth-order valence-electron chi connectivity index (χ4n) is 10.4. The van der Waals surface area contributed by atoms with Gasteiger partial charge >= 0.3 is 0 Å². The van der Waals surface area contributed by atoms with Gasteiger partial charge in [0, 0.05) is 92.2 Å². The summed E-state index contributed by atoms with van der Waals surface area (Å²) in [7, 11) is 0. The number of aromatic nitrogens is 8. The van der Waals surface area contributed by atoms with Crippen LogP contribution in [-0.4, -0.2) is 161 Å². The molecule has 22 nitrogen and oxygen atoms in total. The molecule has 1 unspecified atom stereocenters. The van der Waals surface area contributed by atoms with Gasteiger partial charge < -0.3 is 55.1 Å². The Labute approximate surface area is 471 Å². The second-order valence-electron chi connectivity index (χ2n) is 21.0. The molecule has 424 valence electrons. The van der Waals surface area contributed by atoms with E-state index in [1.54, 1.807) is 18.5 Å². The molecule has 5 aliphatic rings. The third kappa shape index (κ3) is 12.9. The molecule has 4 N–H and O–H groups in total. The Kier molecular flexibility index (Phi) is 17.8. The van der Waals surface area contributed by atoms with Gasteiger partial charge in [0.15, 0.2) is 11.6 Å². The molecule has 0 bridgehead atoms. The molecule has 0 radical (unpaired) electrons. The summed E-state index contributed by atoms with van der Waals surface area (Å²) in [5.41, 5.74) is 8.84. The van der Waals surface area contributed by atoms with Gasteiger partial charge in [-0.1, -0.05) is 26.0 Å². The third-order valence-electron chi connectivity index (χ3n) is 15.2. The van der Waals surface area contributed by atoms with E-state index in [1.807, 2.05) is 95.0 Å². The number of rotatable bonds is 14. The Morgan fingerprint density at radius 2 is 1.20 bits per heavy atom. The van der Waals surface area contributed by atoms with Gasteiger partial charge in [-0.25, -0.2) is 39.9 Å². The highest BCUT2D eigenvalue weighted by Crippen LogP contribution is 2.43. The molecule has 4 saturated heterocycles. The van der Waals surface area contributed by atoms with Crippen LogP contribution in [0.5, 0.6) is 0 Å². The molecule has 81 heavy (non-hydrogen) atoms. The lowest BCUT2D eigenvalue weighted by molar-refractivity contribution is -0.122. The van der Waals surface area contributed by atoms with Crippen molar-refractivity contribution in [2.75, 3.05) is 129 Å². The molecule has 12 rings (SSSR count). The minimum atomic E-state index is -0.673. The molecule has 4 aromatic heterocycles. The summed E-state index contributed by atoms with van der Waals surface area (Å²) < 4.78 is 16.3. The summed E-state index contributed by atoms with van der Waals surface area (Å²) in [5.74, 6) is 2.46. The second kappa shape index (κ2) is 25.6. The van der Waals surface area contributed by atoms with Crippen LogP contribution in [0.4, 0.5) is 46.3 Å². The van der Waals surface area contributed by atoms with Crippen LogP contribution < -0.4 is 36.0 Å². The number of morpholine rings is 2. The first-order valence-electron chi connectivity index (χ1n) is 28.2. The average Bonchev–Trinajstić information content (AvgIpc) is 4.37. The zero-order chi connectivity index (χ0) is 56.5. The molecule has 5 aliphatic heterocycles. The van der Waals surface area contributed by atoms with E-state index in [4.69, 9.17) is 24.2 Å². The zero-order valence-electron chi connectivity index (χ0n) is 47.1. The number of hydrogen-bond acceptors (Lipinski definition) is 19. The molecule has 22 heteroatoms. The summed E-state index contributed by atoms with van der Waals surface area (Å²) >= 11 is 0. The first kappa shape index (κ1) is 56.2. The molecule has 0 aliphatic carbocycles. The summed E-state index contributed by atoms with van der Waals surface area (Å²) in [6.45, 7) is 23.2. The normalized spacial score (nSPS) is 17.7. The molecule has 1 atom stereocenters. The molecule has 3 amide bonds. The van der Waals surface area contributed by atoms with Crippen LogP contribution in [-0.2, 0) is 24.4 Å². The van der Waals surface area contributed by atoms with Gasteiger partial charge in [0.05, 0.1) is 50.8 Å². The van der Waals surface area contributed by atoms with E-state index in [-0.39, 0.29) is 17.7 Å². The Hall–Kier alpha value is -8.05. The summed E-state index contributed by atoms with van der Waals surface area (Å²) in [6, 6.07) is 16.9. The van der Waals surface area contributed by atoms with E-state index in [1.165, 1.54) is 25.5 Å². The predicted octanol–water partition coefficient (Wildman–Crippen LogP) is 7.38. The molecule has 3 aromatic carbocycles. The molecule has 4 fully saturated rings. The molecular weight excluding hydrogens is 1030 g/mol. The maximum Gasteiger partial charge on any atom is 0.255 e. The van der Waals surface area contributed by atoms with Crippen LogP contribution in [0.2, 0.25) is 0 Å². The number of carbonyl (C=O) groups is 3. The van der Waals surface area contributed by atoms with Crippen molar-refractivity contribution < 1.29 is 28.6 Å². The number of ether oxygens (including phenoxy) is 3. The van der Waals surface area contributed by atoms with Crippen molar-refractivity contribution in [1.29, 1.82) is 0 Å². The van der Waals surface area contributed by atoms with E-state index in [0.717, 1.165) is 79.5 Å². The highest BCUT2D eigenvalue weighted by molar-refractivity contribution is 6.09. The first-order valence-corrected chi connectivity index (χ1v) is 28.2. The van der Waals surface area contributed by atoms with Gasteiger partial charge in [-0.3, -0.25) is 14.4 Å². The van der Waals surface area contributed by atoms with E-state index >= 15 is 0 Å². The number of aryl methyl sites for hydroxylation is 2. The van der Waals surface area contributed by atoms with Crippen LogP contribution in [0.3, 0.4) is 0 Å². The van der Waals surface area contributed by atoms with E-state index in [0.29, 0.717) is 128 Å². The van der Waals surface area contributed by atoms with Crippen LogP contribution in [0, 0.1) is 19.8 Å². The van der Waals surface area contributed by atoms with Crippen molar-refractivity contribution in [1.82, 2.24) is 50.1 Å². The second-order valence-corrected chi connectivity index (χ2v) is 21.0. The van der Waals surface area contributed by atoms with Gasteiger partial charge in [0.1, 0.15) is 34.7 Å². The lowest BCUT2D eigenvalue weighted by atomic mass is 9.86. The fourth-order valence-corrected chi connectivity index (χ4v) is 10.4. The maximum atomic E-state index is 13.5. The number of likely N-dealkylation sites (tertiary alicyclic amines) is 1. The quantitative estimate of drug-likeness (QED) is 0.0830. The third-order valence-corrected chi connectivity index (χ3v) is 15.2. The van der Waals surface area contributed by atoms with Crippen LogP contribution in [0.25, 0.3) is 22.1 Å². The molecule has 9 heterocycles. The lowest BCUT2D eigenvalue weighted by Gasteiger charge is -2.26. The maximum absolute atomic E-state index is 13.5.